The number of carbonyl (C=O) groups is 2. The molecule has 2 N–H and O–H groups in total. The van der Waals surface area contributed by atoms with Crippen LogP contribution in [0.2, 0.25) is 0 Å². The van der Waals surface area contributed by atoms with Crippen LogP contribution >= 0.6 is 0 Å². The molecular formula is C15H17NO5. The summed E-state index contributed by atoms with van der Waals surface area (Å²) in [5.74, 6) is 5.11. The average Bonchev–Trinajstić information content (AvgIpc) is 2.45. The molecule has 112 valence electrons. The molecule has 0 radical (unpaired) electrons. The van der Waals surface area contributed by atoms with Gasteiger partial charge >= 0.3 is 5.97 Å². The van der Waals surface area contributed by atoms with Gasteiger partial charge in [-0.25, -0.2) is 4.79 Å². The number of ether oxygens (including phenoxy) is 2. The van der Waals surface area contributed by atoms with Crippen LogP contribution in [0.1, 0.15) is 29.3 Å². The van der Waals surface area contributed by atoms with Gasteiger partial charge in [-0.1, -0.05) is 11.8 Å². The number of methoxy groups -OCH3 is 2. The molecule has 0 saturated carbocycles. The monoisotopic (exact) mass is 291 g/mol. The topological polar surface area (TPSA) is 84.9 Å². The van der Waals surface area contributed by atoms with Crippen molar-refractivity contribution in [2.24, 2.45) is 0 Å². The lowest BCUT2D eigenvalue weighted by molar-refractivity contribution is -0.118. The number of nitrogens with one attached hydrogen (secondary N) is 1. The van der Waals surface area contributed by atoms with Crippen LogP contribution in [0.3, 0.4) is 0 Å². The molecule has 0 heterocycles. The number of hydrogen-bond acceptors (Lipinski definition) is 4. The van der Waals surface area contributed by atoms with Crippen molar-refractivity contribution in [3.8, 4) is 23.3 Å². The van der Waals surface area contributed by atoms with Gasteiger partial charge in [0.1, 0.15) is 0 Å². The summed E-state index contributed by atoms with van der Waals surface area (Å²) in [4.78, 5) is 22.0. The van der Waals surface area contributed by atoms with Crippen molar-refractivity contribution in [1.29, 1.82) is 0 Å². The van der Waals surface area contributed by atoms with Crippen molar-refractivity contribution in [3.05, 3.63) is 23.3 Å². The van der Waals surface area contributed by atoms with Crippen LogP contribution in [-0.4, -0.2) is 37.7 Å². The molecule has 0 fully saturated rings. The minimum absolute atomic E-state index is 0.0414. The molecule has 0 aromatic heterocycles. The Morgan fingerprint density at radius 1 is 1.24 bits per heavy atom. The largest absolute Gasteiger partial charge is 0.493 e. The zero-order valence-electron chi connectivity index (χ0n) is 12.1. The zero-order chi connectivity index (χ0) is 15.8. The van der Waals surface area contributed by atoms with Crippen LogP contribution in [0.4, 0.5) is 0 Å². The molecule has 1 amide bonds. The molecule has 0 aliphatic rings. The number of hydrogen-bond donors (Lipinski definition) is 2. The van der Waals surface area contributed by atoms with E-state index in [4.69, 9.17) is 9.47 Å². The third-order valence-electron chi connectivity index (χ3n) is 2.60. The fraction of sp³-hybridized carbons (Fsp3) is 0.333. The molecule has 0 aliphatic heterocycles. The molecule has 0 aliphatic carbocycles. The standard InChI is InChI=1S/C15H17NO5/c1-10(17)16-7-5-4-6-11-8-13(20-2)14(21-3)9-12(11)15(18)19/h8-9H,5,7H2,1-3H3,(H,16,17)(H,18,19). The molecule has 0 spiro atoms. The summed E-state index contributed by atoms with van der Waals surface area (Å²) >= 11 is 0. The Bertz CT molecular complexity index is 598. The molecule has 21 heavy (non-hydrogen) atoms. The van der Waals surface area contributed by atoms with Gasteiger partial charge in [0, 0.05) is 31.5 Å². The lowest BCUT2D eigenvalue weighted by Gasteiger charge is -2.09. The van der Waals surface area contributed by atoms with E-state index in [1.54, 1.807) is 0 Å². The lowest BCUT2D eigenvalue weighted by Crippen LogP contribution is -2.20. The first-order chi connectivity index (χ1) is 9.99. The number of benzene rings is 1. The molecule has 0 bridgehead atoms. The molecule has 1 aromatic rings. The number of amides is 1. The number of carbonyl (C=O) groups excluding carboxylic acids is 1. The third kappa shape index (κ3) is 4.73. The molecule has 0 saturated heterocycles. The van der Waals surface area contributed by atoms with Crippen LogP contribution in [0.5, 0.6) is 11.5 Å². The van der Waals surface area contributed by atoms with Crippen LogP contribution in [0, 0.1) is 11.8 Å². The van der Waals surface area contributed by atoms with Gasteiger partial charge in [-0.05, 0) is 6.07 Å². The quantitative estimate of drug-likeness (QED) is 0.630. The van der Waals surface area contributed by atoms with Crippen LogP contribution in [0.25, 0.3) is 0 Å². The summed E-state index contributed by atoms with van der Waals surface area (Å²) in [6, 6.07) is 2.90. The fourth-order valence-electron chi connectivity index (χ4n) is 1.62. The van der Waals surface area contributed by atoms with Crippen molar-refractivity contribution < 1.29 is 24.2 Å². The predicted octanol–water partition coefficient (Wildman–Crippen LogP) is 1.28. The number of rotatable bonds is 5. The van der Waals surface area contributed by atoms with Gasteiger partial charge in [-0.2, -0.15) is 0 Å². The first-order valence-electron chi connectivity index (χ1n) is 6.22. The molecule has 6 nitrogen and oxygen atoms in total. The van der Waals surface area contributed by atoms with Gasteiger partial charge in [0.2, 0.25) is 5.91 Å². The van der Waals surface area contributed by atoms with Crippen molar-refractivity contribution >= 4 is 11.9 Å². The second-order valence-corrected chi connectivity index (χ2v) is 4.09. The number of carboxylic acid groups (broad SMARTS) is 1. The smallest absolute Gasteiger partial charge is 0.337 e. The molecule has 0 unspecified atom stereocenters. The van der Waals surface area contributed by atoms with E-state index in [0.29, 0.717) is 30.0 Å². The minimum Gasteiger partial charge on any atom is -0.493 e. The van der Waals surface area contributed by atoms with Crippen LogP contribution in [0.15, 0.2) is 12.1 Å². The Morgan fingerprint density at radius 2 is 1.86 bits per heavy atom. The Morgan fingerprint density at radius 3 is 2.38 bits per heavy atom. The van der Waals surface area contributed by atoms with E-state index in [2.05, 4.69) is 17.2 Å². The molecular weight excluding hydrogens is 274 g/mol. The summed E-state index contributed by atoms with van der Waals surface area (Å²) in [5, 5.41) is 11.8. The van der Waals surface area contributed by atoms with Crippen LogP contribution < -0.4 is 14.8 Å². The minimum atomic E-state index is -1.10. The first-order valence-corrected chi connectivity index (χ1v) is 6.22. The summed E-state index contributed by atoms with van der Waals surface area (Å²) in [6.45, 7) is 1.84. The maximum atomic E-state index is 11.2. The molecule has 0 atom stereocenters. The Kier molecular flexibility index (Phi) is 6.08. The summed E-state index contributed by atoms with van der Waals surface area (Å²) in [7, 11) is 2.90. The third-order valence-corrected chi connectivity index (χ3v) is 2.60. The van der Waals surface area contributed by atoms with Gasteiger partial charge in [-0.15, -0.1) is 0 Å². The SMILES string of the molecule is COc1cc(C#CCCNC(C)=O)c(C(=O)O)cc1OC. The second-order valence-electron chi connectivity index (χ2n) is 4.09. The lowest BCUT2D eigenvalue weighted by atomic mass is 10.1. The highest BCUT2D eigenvalue weighted by Crippen LogP contribution is 2.30. The van der Waals surface area contributed by atoms with E-state index >= 15 is 0 Å². The summed E-state index contributed by atoms with van der Waals surface area (Å²) in [5.41, 5.74) is 0.377. The van der Waals surface area contributed by atoms with Crippen molar-refractivity contribution in [2.75, 3.05) is 20.8 Å². The van der Waals surface area contributed by atoms with E-state index in [1.165, 1.54) is 33.3 Å². The van der Waals surface area contributed by atoms with E-state index in [9.17, 15) is 14.7 Å². The van der Waals surface area contributed by atoms with Gasteiger partial charge in [0.25, 0.3) is 0 Å². The van der Waals surface area contributed by atoms with E-state index < -0.39 is 5.97 Å². The molecule has 6 heteroatoms. The summed E-state index contributed by atoms with van der Waals surface area (Å²) in [6.07, 6.45) is 0.424. The van der Waals surface area contributed by atoms with Gasteiger partial charge in [0.15, 0.2) is 11.5 Å². The van der Waals surface area contributed by atoms with E-state index in [-0.39, 0.29) is 11.5 Å². The Balaban J connectivity index is 3.02. The maximum absolute atomic E-state index is 11.2. The Hall–Kier alpha value is -2.68. The van der Waals surface area contributed by atoms with E-state index in [0.717, 1.165) is 0 Å². The van der Waals surface area contributed by atoms with E-state index in [1.807, 2.05) is 0 Å². The zero-order valence-corrected chi connectivity index (χ0v) is 12.1. The highest BCUT2D eigenvalue weighted by molar-refractivity contribution is 5.91. The van der Waals surface area contributed by atoms with Gasteiger partial charge < -0.3 is 19.9 Å². The van der Waals surface area contributed by atoms with Crippen molar-refractivity contribution in [3.63, 3.8) is 0 Å². The van der Waals surface area contributed by atoms with Gasteiger partial charge in [-0.3, -0.25) is 4.79 Å². The number of aromatic carboxylic acids is 1. The van der Waals surface area contributed by atoms with Crippen LogP contribution in [-0.2, 0) is 4.79 Å². The van der Waals surface area contributed by atoms with Crippen molar-refractivity contribution in [2.45, 2.75) is 13.3 Å². The average molecular weight is 291 g/mol. The second kappa shape index (κ2) is 7.80. The normalized spacial score (nSPS) is 9.29. The fourth-order valence-corrected chi connectivity index (χ4v) is 1.62. The molecule has 1 rings (SSSR count). The highest BCUT2D eigenvalue weighted by atomic mass is 16.5. The number of carboxylic acids is 1. The maximum Gasteiger partial charge on any atom is 0.337 e. The molecule has 1 aromatic carbocycles. The van der Waals surface area contributed by atoms with Crippen molar-refractivity contribution in [1.82, 2.24) is 5.32 Å². The summed E-state index contributed by atoms with van der Waals surface area (Å²) < 4.78 is 10.2. The van der Waals surface area contributed by atoms with Gasteiger partial charge in [0.05, 0.1) is 19.8 Å². The Labute approximate surface area is 123 Å². The highest BCUT2D eigenvalue weighted by Gasteiger charge is 2.14. The first kappa shape index (κ1) is 16.4. The predicted molar refractivity (Wildman–Crippen MR) is 76.7 cm³/mol.